The molecule has 4 nitrogen and oxygen atoms in total. The summed E-state index contributed by atoms with van der Waals surface area (Å²) in [5.74, 6) is 0.185. The average Bonchev–Trinajstić information content (AvgIpc) is 2.52. The minimum absolute atomic E-state index is 0.0489. The minimum atomic E-state index is -2.03. The average molecular weight is 366 g/mol. The second-order valence-corrected chi connectivity index (χ2v) is 13.7. The Morgan fingerprint density at radius 2 is 1.48 bits per heavy atom. The normalized spacial score (nSPS) is 25.1. The van der Waals surface area contributed by atoms with Crippen LogP contribution in [0, 0.1) is 0 Å². The molecule has 1 fully saturated rings. The summed E-state index contributed by atoms with van der Waals surface area (Å²) in [7, 11) is -2.03. The second kappa shape index (κ2) is 8.21. The zero-order chi connectivity index (χ0) is 18.8. The standard InChI is InChI=1S/C20H35NO3Si/c1-13(2)25(14(3)4,15(5)6)24-19-12-21-11-18(23)20(19)16-7-9-17(22)10-8-16/h7-10,13-15,18-23H,11-12H2,1-6H3/t18-,19+,20+/m0/s1. The number of rotatable bonds is 6. The lowest BCUT2D eigenvalue weighted by Gasteiger charge is -2.48. The van der Waals surface area contributed by atoms with Crippen molar-refractivity contribution >= 4 is 8.32 Å². The van der Waals surface area contributed by atoms with Crippen LogP contribution in [0.1, 0.15) is 53.0 Å². The summed E-state index contributed by atoms with van der Waals surface area (Å²) in [5, 5.41) is 23.6. The van der Waals surface area contributed by atoms with Gasteiger partial charge in [-0.1, -0.05) is 53.7 Å². The molecule has 1 saturated heterocycles. The first-order chi connectivity index (χ1) is 11.7. The molecule has 0 aromatic heterocycles. The summed E-state index contributed by atoms with van der Waals surface area (Å²) in [4.78, 5) is 0. The SMILES string of the molecule is CC(C)[Si](O[C@@H]1CNC[C@H](O)[C@H]1c1ccc(O)cc1)(C(C)C)C(C)C. The molecule has 1 aliphatic rings. The van der Waals surface area contributed by atoms with Crippen LogP contribution in [0.2, 0.25) is 16.6 Å². The Balaban J connectivity index is 2.37. The number of aliphatic hydroxyl groups excluding tert-OH is 1. The van der Waals surface area contributed by atoms with Crippen molar-refractivity contribution in [2.24, 2.45) is 0 Å². The monoisotopic (exact) mass is 365 g/mol. The molecule has 0 saturated carbocycles. The lowest BCUT2D eigenvalue weighted by Crippen LogP contribution is -2.57. The molecule has 0 bridgehead atoms. The molecule has 2 rings (SSSR count). The smallest absolute Gasteiger partial charge is 0.200 e. The van der Waals surface area contributed by atoms with Crippen LogP contribution in [0.5, 0.6) is 5.75 Å². The molecule has 0 aliphatic carbocycles. The number of hydrogen-bond acceptors (Lipinski definition) is 4. The van der Waals surface area contributed by atoms with Gasteiger partial charge in [-0.3, -0.25) is 0 Å². The predicted molar refractivity (Wildman–Crippen MR) is 106 cm³/mol. The number of benzene rings is 1. The van der Waals surface area contributed by atoms with Crippen LogP contribution in [0.15, 0.2) is 24.3 Å². The third kappa shape index (κ3) is 4.10. The highest BCUT2D eigenvalue weighted by Gasteiger charge is 2.49. The molecule has 3 N–H and O–H groups in total. The van der Waals surface area contributed by atoms with Crippen molar-refractivity contribution in [2.75, 3.05) is 13.1 Å². The molecule has 142 valence electrons. The Bertz CT molecular complexity index is 523. The fourth-order valence-electron chi connectivity index (χ4n) is 4.79. The van der Waals surface area contributed by atoms with Crippen molar-refractivity contribution in [3.8, 4) is 5.75 Å². The van der Waals surface area contributed by atoms with E-state index in [0.29, 0.717) is 23.2 Å². The zero-order valence-corrected chi connectivity index (χ0v) is 17.5. The van der Waals surface area contributed by atoms with Gasteiger partial charge < -0.3 is 20.0 Å². The number of aromatic hydroxyl groups is 1. The van der Waals surface area contributed by atoms with E-state index in [0.717, 1.165) is 12.1 Å². The van der Waals surface area contributed by atoms with Crippen LogP contribution in [0.25, 0.3) is 0 Å². The highest BCUT2D eigenvalue weighted by molar-refractivity contribution is 6.77. The fourth-order valence-corrected chi connectivity index (χ4v) is 10.4. The Kier molecular flexibility index (Phi) is 6.71. The fraction of sp³-hybridized carbons (Fsp3) is 0.700. The predicted octanol–water partition coefficient (Wildman–Crippen LogP) is 4.00. The first-order valence-corrected chi connectivity index (χ1v) is 11.7. The van der Waals surface area contributed by atoms with Crippen molar-refractivity contribution in [1.29, 1.82) is 0 Å². The van der Waals surface area contributed by atoms with Gasteiger partial charge in [-0.2, -0.15) is 0 Å². The van der Waals surface area contributed by atoms with Gasteiger partial charge in [0.05, 0.1) is 12.2 Å². The van der Waals surface area contributed by atoms with Gasteiger partial charge in [0.25, 0.3) is 0 Å². The van der Waals surface area contributed by atoms with Crippen LogP contribution >= 0.6 is 0 Å². The second-order valence-electron chi connectivity index (χ2n) is 8.32. The first-order valence-electron chi connectivity index (χ1n) is 9.55. The summed E-state index contributed by atoms with van der Waals surface area (Å²) >= 11 is 0. The molecule has 25 heavy (non-hydrogen) atoms. The van der Waals surface area contributed by atoms with E-state index in [4.69, 9.17) is 4.43 Å². The van der Waals surface area contributed by atoms with E-state index < -0.39 is 14.4 Å². The number of phenols is 1. The van der Waals surface area contributed by atoms with Gasteiger partial charge in [-0.25, -0.2) is 0 Å². The number of piperidine rings is 1. The lowest BCUT2D eigenvalue weighted by molar-refractivity contribution is 0.0303. The molecular weight excluding hydrogens is 330 g/mol. The maximum absolute atomic E-state index is 10.7. The molecule has 1 aromatic carbocycles. The topological polar surface area (TPSA) is 61.7 Å². The quantitative estimate of drug-likeness (QED) is 0.667. The summed E-state index contributed by atoms with van der Waals surface area (Å²) < 4.78 is 6.98. The third-order valence-electron chi connectivity index (χ3n) is 5.85. The van der Waals surface area contributed by atoms with Gasteiger partial charge in [-0.15, -0.1) is 0 Å². The number of aliphatic hydroxyl groups is 1. The molecule has 1 aliphatic heterocycles. The van der Waals surface area contributed by atoms with E-state index in [1.165, 1.54) is 0 Å². The molecular formula is C20H35NO3Si. The molecule has 0 amide bonds. The molecule has 0 radical (unpaired) electrons. The molecule has 1 aromatic rings. The molecule has 0 unspecified atom stereocenters. The Labute approximate surface area is 153 Å². The van der Waals surface area contributed by atoms with Gasteiger partial charge in [0.1, 0.15) is 5.75 Å². The molecule has 1 heterocycles. The Hall–Kier alpha value is -0.883. The summed E-state index contributed by atoms with van der Waals surface area (Å²) in [6.07, 6.45) is -0.534. The summed E-state index contributed by atoms with van der Waals surface area (Å²) in [6.45, 7) is 15.0. The van der Waals surface area contributed by atoms with E-state index in [2.05, 4.69) is 46.9 Å². The highest BCUT2D eigenvalue weighted by atomic mass is 28.4. The summed E-state index contributed by atoms with van der Waals surface area (Å²) in [6, 6.07) is 7.21. The van der Waals surface area contributed by atoms with Gasteiger partial charge in [-0.05, 0) is 34.3 Å². The van der Waals surface area contributed by atoms with E-state index in [1.54, 1.807) is 12.1 Å². The highest BCUT2D eigenvalue weighted by Crippen LogP contribution is 2.45. The summed E-state index contributed by atoms with van der Waals surface area (Å²) in [5.41, 5.74) is 2.56. The number of nitrogens with one attached hydrogen (secondary N) is 1. The van der Waals surface area contributed by atoms with Crippen LogP contribution < -0.4 is 5.32 Å². The molecule has 5 heteroatoms. The van der Waals surface area contributed by atoms with Gasteiger partial charge >= 0.3 is 0 Å². The largest absolute Gasteiger partial charge is 0.508 e. The maximum atomic E-state index is 10.7. The maximum Gasteiger partial charge on any atom is 0.200 e. The van der Waals surface area contributed by atoms with Crippen LogP contribution in [-0.4, -0.2) is 43.8 Å². The van der Waals surface area contributed by atoms with E-state index in [1.807, 2.05) is 12.1 Å². The van der Waals surface area contributed by atoms with Crippen LogP contribution in [-0.2, 0) is 4.43 Å². The molecule has 0 spiro atoms. The Morgan fingerprint density at radius 3 is 1.96 bits per heavy atom. The van der Waals surface area contributed by atoms with Crippen molar-refractivity contribution in [1.82, 2.24) is 5.32 Å². The van der Waals surface area contributed by atoms with Crippen molar-refractivity contribution in [3.63, 3.8) is 0 Å². The van der Waals surface area contributed by atoms with Crippen molar-refractivity contribution in [3.05, 3.63) is 29.8 Å². The first kappa shape index (κ1) is 20.4. The van der Waals surface area contributed by atoms with E-state index in [9.17, 15) is 10.2 Å². The third-order valence-corrected chi connectivity index (χ3v) is 12.0. The van der Waals surface area contributed by atoms with Crippen molar-refractivity contribution < 1.29 is 14.6 Å². The number of phenolic OH excluding ortho intramolecular Hbond substituents is 1. The van der Waals surface area contributed by atoms with E-state index in [-0.39, 0.29) is 17.8 Å². The van der Waals surface area contributed by atoms with Crippen LogP contribution in [0.3, 0.4) is 0 Å². The van der Waals surface area contributed by atoms with Crippen molar-refractivity contribution in [2.45, 2.75) is 76.3 Å². The Morgan fingerprint density at radius 1 is 0.960 bits per heavy atom. The van der Waals surface area contributed by atoms with Gasteiger partial charge in [0.15, 0.2) is 0 Å². The number of β-amino-alcohol motifs (C(OH)–C–C–N with tert-alkyl or cyclic N) is 1. The molecule has 3 atom stereocenters. The minimum Gasteiger partial charge on any atom is -0.508 e. The zero-order valence-electron chi connectivity index (χ0n) is 16.5. The van der Waals surface area contributed by atoms with Gasteiger partial charge in [0, 0.05) is 19.0 Å². The van der Waals surface area contributed by atoms with Gasteiger partial charge in [0.2, 0.25) is 8.32 Å². The van der Waals surface area contributed by atoms with Crippen LogP contribution in [0.4, 0.5) is 0 Å². The lowest BCUT2D eigenvalue weighted by atomic mass is 9.85. The number of hydrogen-bond donors (Lipinski definition) is 3. The van der Waals surface area contributed by atoms with E-state index >= 15 is 0 Å².